The van der Waals surface area contributed by atoms with Crippen LogP contribution in [0.4, 0.5) is 0 Å². The number of carbonyl (C=O) groups excluding carboxylic acids is 1. The minimum atomic E-state index is 0. The number of likely N-dealkylation sites (tertiary alicyclic amines) is 1. The lowest BCUT2D eigenvalue weighted by atomic mass is 9.97. The van der Waals surface area contributed by atoms with Crippen molar-refractivity contribution in [2.24, 2.45) is 5.92 Å². The fourth-order valence-corrected chi connectivity index (χ4v) is 4.23. The van der Waals surface area contributed by atoms with Crippen molar-refractivity contribution in [2.75, 3.05) is 26.2 Å². The van der Waals surface area contributed by atoms with Crippen LogP contribution in [0, 0.1) is 5.92 Å². The SMILES string of the molecule is Cl.O=C(NCC1CCCN(Cc2cn3cc(Cl)ccc3n2)C1)C1CCCN1. The van der Waals surface area contributed by atoms with Gasteiger partial charge in [-0.05, 0) is 56.8 Å². The van der Waals surface area contributed by atoms with Crippen LogP contribution in [0.1, 0.15) is 31.4 Å². The van der Waals surface area contributed by atoms with E-state index in [1.165, 1.54) is 12.8 Å². The first kappa shape index (κ1) is 20.4. The Balaban J connectivity index is 0.00000210. The molecule has 2 aliphatic rings. The Bertz CT molecular complexity index is 775. The molecule has 0 bridgehead atoms. The standard InChI is InChI=1S/C19H26ClN5O.ClH/c20-15-5-6-18-23-16(13-25(18)11-15)12-24-8-2-3-14(10-24)9-22-19(26)17-4-1-7-21-17;/h5-6,11,13-14,17,21H,1-4,7-10,12H2,(H,22,26);1H. The minimum Gasteiger partial charge on any atom is -0.354 e. The zero-order valence-electron chi connectivity index (χ0n) is 15.4. The van der Waals surface area contributed by atoms with Crippen LogP contribution in [0.3, 0.4) is 0 Å². The van der Waals surface area contributed by atoms with Gasteiger partial charge in [0.15, 0.2) is 0 Å². The topological polar surface area (TPSA) is 61.7 Å². The Morgan fingerprint density at radius 3 is 3.00 bits per heavy atom. The van der Waals surface area contributed by atoms with E-state index in [2.05, 4.69) is 26.7 Å². The van der Waals surface area contributed by atoms with Crippen molar-refractivity contribution in [3.63, 3.8) is 0 Å². The number of nitrogens with one attached hydrogen (secondary N) is 2. The van der Waals surface area contributed by atoms with Crippen LogP contribution in [0.5, 0.6) is 0 Å². The van der Waals surface area contributed by atoms with Gasteiger partial charge in [-0.1, -0.05) is 11.6 Å². The van der Waals surface area contributed by atoms with E-state index in [4.69, 9.17) is 11.6 Å². The summed E-state index contributed by atoms with van der Waals surface area (Å²) in [6.45, 7) is 4.66. The second-order valence-electron chi connectivity index (χ2n) is 7.48. The lowest BCUT2D eigenvalue weighted by Crippen LogP contribution is -2.45. The Labute approximate surface area is 171 Å². The van der Waals surface area contributed by atoms with Crippen molar-refractivity contribution in [2.45, 2.75) is 38.3 Å². The monoisotopic (exact) mass is 411 g/mol. The molecule has 8 heteroatoms. The van der Waals surface area contributed by atoms with Crippen molar-refractivity contribution in [1.82, 2.24) is 24.9 Å². The van der Waals surface area contributed by atoms with E-state index >= 15 is 0 Å². The number of piperidine rings is 1. The lowest BCUT2D eigenvalue weighted by Gasteiger charge is -2.32. The second-order valence-corrected chi connectivity index (χ2v) is 7.92. The molecule has 0 radical (unpaired) electrons. The molecule has 1 amide bonds. The van der Waals surface area contributed by atoms with Crippen molar-refractivity contribution in [3.05, 3.63) is 35.2 Å². The molecular weight excluding hydrogens is 385 g/mol. The molecule has 0 aromatic carbocycles. The van der Waals surface area contributed by atoms with E-state index in [1.54, 1.807) is 0 Å². The third-order valence-electron chi connectivity index (χ3n) is 5.40. The summed E-state index contributed by atoms with van der Waals surface area (Å²) in [6, 6.07) is 3.82. The smallest absolute Gasteiger partial charge is 0.237 e. The molecule has 2 N–H and O–H groups in total. The van der Waals surface area contributed by atoms with Crippen LogP contribution in [-0.4, -0.2) is 52.4 Å². The molecule has 2 fully saturated rings. The summed E-state index contributed by atoms with van der Waals surface area (Å²) in [5, 5.41) is 7.12. The number of pyridine rings is 1. The van der Waals surface area contributed by atoms with Gasteiger partial charge in [-0.3, -0.25) is 9.69 Å². The number of fused-ring (bicyclic) bond motifs is 1. The molecule has 4 heterocycles. The number of hydrogen-bond donors (Lipinski definition) is 2. The molecule has 2 atom stereocenters. The summed E-state index contributed by atoms with van der Waals surface area (Å²) in [4.78, 5) is 19.3. The van der Waals surface area contributed by atoms with E-state index < -0.39 is 0 Å². The molecule has 0 aliphatic carbocycles. The van der Waals surface area contributed by atoms with Crippen LogP contribution in [-0.2, 0) is 11.3 Å². The summed E-state index contributed by atoms with van der Waals surface area (Å²) < 4.78 is 1.98. The first-order chi connectivity index (χ1) is 12.7. The van der Waals surface area contributed by atoms with E-state index in [0.29, 0.717) is 10.9 Å². The average Bonchev–Trinajstić information content (AvgIpc) is 3.29. The van der Waals surface area contributed by atoms with E-state index in [9.17, 15) is 4.79 Å². The van der Waals surface area contributed by atoms with Crippen LogP contribution in [0.2, 0.25) is 5.02 Å². The summed E-state index contributed by atoms with van der Waals surface area (Å²) in [7, 11) is 0. The highest BCUT2D eigenvalue weighted by atomic mass is 35.5. The Hall–Kier alpha value is -1.34. The van der Waals surface area contributed by atoms with Crippen LogP contribution in [0.15, 0.2) is 24.5 Å². The predicted octanol–water partition coefficient (Wildman–Crippen LogP) is 2.49. The number of carbonyl (C=O) groups is 1. The summed E-state index contributed by atoms with van der Waals surface area (Å²) in [5.41, 5.74) is 1.99. The maximum atomic E-state index is 12.2. The summed E-state index contributed by atoms with van der Waals surface area (Å²) in [5.74, 6) is 0.678. The summed E-state index contributed by atoms with van der Waals surface area (Å²) >= 11 is 6.05. The zero-order chi connectivity index (χ0) is 17.9. The third kappa shape index (κ3) is 5.13. The highest BCUT2D eigenvalue weighted by molar-refractivity contribution is 6.30. The van der Waals surface area contributed by atoms with Crippen molar-refractivity contribution in [3.8, 4) is 0 Å². The highest BCUT2D eigenvalue weighted by Gasteiger charge is 2.25. The maximum Gasteiger partial charge on any atom is 0.237 e. The Kier molecular flexibility index (Phi) is 6.98. The van der Waals surface area contributed by atoms with E-state index in [-0.39, 0.29) is 24.4 Å². The molecule has 27 heavy (non-hydrogen) atoms. The molecule has 0 saturated carbocycles. The molecular formula is C19H27Cl2N5O. The molecule has 2 aliphatic heterocycles. The number of rotatable bonds is 5. The quantitative estimate of drug-likeness (QED) is 0.792. The Morgan fingerprint density at radius 2 is 2.19 bits per heavy atom. The normalized spacial score (nSPS) is 23.3. The minimum absolute atomic E-state index is 0. The molecule has 0 spiro atoms. The number of hydrogen-bond acceptors (Lipinski definition) is 4. The zero-order valence-corrected chi connectivity index (χ0v) is 16.9. The van der Waals surface area contributed by atoms with Gasteiger partial charge < -0.3 is 15.0 Å². The van der Waals surface area contributed by atoms with Gasteiger partial charge in [-0.15, -0.1) is 12.4 Å². The molecule has 2 aromatic rings. The second kappa shape index (κ2) is 9.24. The van der Waals surface area contributed by atoms with Gasteiger partial charge in [0.25, 0.3) is 0 Å². The first-order valence-corrected chi connectivity index (χ1v) is 9.92. The lowest BCUT2D eigenvalue weighted by molar-refractivity contribution is -0.123. The molecule has 2 saturated heterocycles. The van der Waals surface area contributed by atoms with Gasteiger partial charge in [0, 0.05) is 32.0 Å². The van der Waals surface area contributed by atoms with Gasteiger partial charge in [0.1, 0.15) is 5.65 Å². The maximum absolute atomic E-state index is 12.2. The molecule has 2 aromatic heterocycles. The van der Waals surface area contributed by atoms with Crippen molar-refractivity contribution >= 4 is 35.6 Å². The fraction of sp³-hybridized carbons (Fsp3) is 0.579. The first-order valence-electron chi connectivity index (χ1n) is 9.54. The van der Waals surface area contributed by atoms with E-state index in [0.717, 1.165) is 56.9 Å². The summed E-state index contributed by atoms with van der Waals surface area (Å²) in [6.07, 6.45) is 8.34. The van der Waals surface area contributed by atoms with Crippen molar-refractivity contribution < 1.29 is 4.79 Å². The van der Waals surface area contributed by atoms with Crippen LogP contribution < -0.4 is 10.6 Å². The molecule has 4 rings (SSSR count). The highest BCUT2D eigenvalue weighted by Crippen LogP contribution is 2.19. The van der Waals surface area contributed by atoms with Gasteiger partial charge >= 0.3 is 0 Å². The number of halogens is 2. The Morgan fingerprint density at radius 1 is 1.30 bits per heavy atom. The van der Waals surface area contributed by atoms with Gasteiger partial charge in [0.2, 0.25) is 5.91 Å². The number of amides is 1. The van der Waals surface area contributed by atoms with Gasteiger partial charge in [-0.25, -0.2) is 4.98 Å². The molecule has 6 nitrogen and oxygen atoms in total. The number of aromatic nitrogens is 2. The fourth-order valence-electron chi connectivity index (χ4n) is 4.06. The van der Waals surface area contributed by atoms with Crippen LogP contribution in [0.25, 0.3) is 5.65 Å². The van der Waals surface area contributed by atoms with Crippen LogP contribution >= 0.6 is 24.0 Å². The van der Waals surface area contributed by atoms with Gasteiger partial charge in [-0.2, -0.15) is 0 Å². The van der Waals surface area contributed by atoms with Crippen molar-refractivity contribution in [1.29, 1.82) is 0 Å². The molecule has 148 valence electrons. The van der Waals surface area contributed by atoms with E-state index in [1.807, 2.05) is 22.7 Å². The number of nitrogens with zero attached hydrogens (tertiary/aromatic N) is 3. The number of imidazole rings is 1. The van der Waals surface area contributed by atoms with Gasteiger partial charge in [0.05, 0.1) is 16.8 Å². The predicted molar refractivity (Wildman–Crippen MR) is 109 cm³/mol. The average molecular weight is 412 g/mol. The third-order valence-corrected chi connectivity index (χ3v) is 5.62. The molecule has 2 unspecified atom stereocenters. The largest absolute Gasteiger partial charge is 0.354 e.